The average molecular weight is 600 g/mol. The molecule has 0 fully saturated rings. The number of pyridine rings is 3. The van der Waals surface area contributed by atoms with Gasteiger partial charge in [0.25, 0.3) is 0 Å². The second-order valence-corrected chi connectivity index (χ2v) is 12.6. The predicted molar refractivity (Wildman–Crippen MR) is 161 cm³/mol. The number of nitrogens with zero attached hydrogens (tertiary/aromatic N) is 5. The van der Waals surface area contributed by atoms with Crippen molar-refractivity contribution in [3.05, 3.63) is 72.4 Å². The Morgan fingerprint density at radius 3 is 2.63 bits per heavy atom. The number of carbonyl (C=O) groups is 1. The van der Waals surface area contributed by atoms with E-state index >= 15 is 0 Å². The Morgan fingerprint density at radius 1 is 1.05 bits per heavy atom. The summed E-state index contributed by atoms with van der Waals surface area (Å²) in [4.78, 5) is 33.4. The lowest BCUT2D eigenvalue weighted by molar-refractivity contribution is -0.118. The Morgan fingerprint density at radius 2 is 1.86 bits per heavy atom. The molecule has 5 heterocycles. The molecule has 12 nitrogen and oxygen atoms in total. The van der Waals surface area contributed by atoms with Crippen molar-refractivity contribution in [1.29, 1.82) is 0 Å². The molecule has 0 aliphatic heterocycles. The molecule has 0 aliphatic rings. The number of rotatable bonds is 7. The monoisotopic (exact) mass is 599 g/mol. The number of amides is 1. The van der Waals surface area contributed by atoms with E-state index in [0.29, 0.717) is 61.8 Å². The minimum absolute atomic E-state index is 0.120. The van der Waals surface area contributed by atoms with Crippen molar-refractivity contribution in [2.75, 3.05) is 11.6 Å². The van der Waals surface area contributed by atoms with Crippen molar-refractivity contribution < 1.29 is 17.6 Å². The normalized spacial score (nSPS) is 12.7. The second-order valence-electron chi connectivity index (χ2n) is 10.4. The summed E-state index contributed by atoms with van der Waals surface area (Å²) in [5, 5.41) is 8.85. The Hall–Kier alpha value is -5.08. The quantitative estimate of drug-likeness (QED) is 0.207. The summed E-state index contributed by atoms with van der Waals surface area (Å²) in [6.45, 7) is 3.62. The molecule has 1 aromatic carbocycles. The summed E-state index contributed by atoms with van der Waals surface area (Å²) in [6.07, 6.45) is 5.75. The molecule has 43 heavy (non-hydrogen) atoms. The van der Waals surface area contributed by atoms with Gasteiger partial charge in [0, 0.05) is 35.7 Å². The SMILES string of the molecule is CC(C)C(=O)Nc1cncc(-c2ccc3[nH]nc(-c4nc5nccc(-c6cc(F)cc(C(N)S(C)(=O)=O)c6)c5[nH]4)c3n2)c1. The number of hydrogen-bond acceptors (Lipinski definition) is 9. The molecular formula is C29H26FN9O3S. The molecule has 1 amide bonds. The maximum atomic E-state index is 14.6. The van der Waals surface area contributed by atoms with E-state index in [4.69, 9.17) is 10.7 Å². The van der Waals surface area contributed by atoms with Crippen LogP contribution in [0.2, 0.25) is 0 Å². The predicted octanol–water partition coefficient (Wildman–Crippen LogP) is 4.36. The first-order chi connectivity index (χ1) is 20.5. The van der Waals surface area contributed by atoms with Gasteiger partial charge < -0.3 is 16.0 Å². The van der Waals surface area contributed by atoms with Crippen molar-refractivity contribution in [1.82, 2.24) is 35.1 Å². The van der Waals surface area contributed by atoms with Crippen LogP contribution in [0, 0.1) is 11.7 Å². The van der Waals surface area contributed by atoms with Gasteiger partial charge in [-0.15, -0.1) is 0 Å². The van der Waals surface area contributed by atoms with E-state index < -0.39 is 21.0 Å². The number of carbonyl (C=O) groups excluding carboxylic acids is 1. The van der Waals surface area contributed by atoms with Crippen LogP contribution in [0.5, 0.6) is 0 Å². The third-order valence-electron chi connectivity index (χ3n) is 6.87. The van der Waals surface area contributed by atoms with E-state index in [2.05, 4.69) is 35.5 Å². The number of benzene rings is 1. The van der Waals surface area contributed by atoms with E-state index in [0.717, 1.165) is 12.3 Å². The number of imidazole rings is 1. The fraction of sp³-hybridized carbons (Fsp3) is 0.172. The van der Waals surface area contributed by atoms with Crippen molar-refractivity contribution in [3.8, 4) is 33.9 Å². The van der Waals surface area contributed by atoms with Gasteiger partial charge in [-0.1, -0.05) is 13.8 Å². The van der Waals surface area contributed by atoms with Crippen LogP contribution in [0.15, 0.2) is 61.1 Å². The highest BCUT2D eigenvalue weighted by Crippen LogP contribution is 2.33. The van der Waals surface area contributed by atoms with Gasteiger partial charge in [-0.3, -0.25) is 14.9 Å². The molecule has 218 valence electrons. The molecule has 0 saturated heterocycles. The fourth-order valence-electron chi connectivity index (χ4n) is 4.60. The zero-order valence-corrected chi connectivity index (χ0v) is 24.1. The lowest BCUT2D eigenvalue weighted by Crippen LogP contribution is -2.20. The zero-order chi connectivity index (χ0) is 30.5. The number of aromatic amines is 2. The van der Waals surface area contributed by atoms with E-state index in [-0.39, 0.29) is 17.4 Å². The van der Waals surface area contributed by atoms with Crippen molar-refractivity contribution in [3.63, 3.8) is 0 Å². The minimum atomic E-state index is -3.66. The van der Waals surface area contributed by atoms with Crippen LogP contribution >= 0.6 is 0 Å². The van der Waals surface area contributed by atoms with E-state index in [1.54, 1.807) is 24.5 Å². The number of H-pyrrole nitrogens is 2. The Bertz CT molecular complexity index is 2140. The topological polar surface area (TPSA) is 185 Å². The molecule has 1 atom stereocenters. The maximum Gasteiger partial charge on any atom is 0.226 e. The van der Waals surface area contributed by atoms with Gasteiger partial charge in [0.15, 0.2) is 27.0 Å². The van der Waals surface area contributed by atoms with Crippen molar-refractivity contribution in [2.24, 2.45) is 11.7 Å². The van der Waals surface area contributed by atoms with Crippen LogP contribution in [-0.2, 0) is 14.6 Å². The average Bonchev–Trinajstić information content (AvgIpc) is 3.59. The smallest absolute Gasteiger partial charge is 0.226 e. The van der Waals surface area contributed by atoms with Gasteiger partial charge in [-0.05, 0) is 53.6 Å². The maximum absolute atomic E-state index is 14.6. The van der Waals surface area contributed by atoms with Gasteiger partial charge in [0.1, 0.15) is 16.7 Å². The summed E-state index contributed by atoms with van der Waals surface area (Å²) in [5.41, 5.74) is 11.3. The van der Waals surface area contributed by atoms with E-state index in [1.807, 2.05) is 26.0 Å². The number of hydrogen-bond donors (Lipinski definition) is 4. The number of anilines is 1. The Labute approximate surface area is 244 Å². The first-order valence-electron chi connectivity index (χ1n) is 13.2. The number of nitrogens with one attached hydrogen (secondary N) is 3. The molecule has 6 rings (SSSR count). The third kappa shape index (κ3) is 5.45. The van der Waals surface area contributed by atoms with E-state index in [1.165, 1.54) is 18.3 Å². The van der Waals surface area contributed by atoms with Gasteiger partial charge in [0.2, 0.25) is 5.91 Å². The van der Waals surface area contributed by atoms with Crippen LogP contribution in [-0.4, -0.2) is 55.7 Å². The van der Waals surface area contributed by atoms with Crippen LogP contribution in [0.25, 0.3) is 56.1 Å². The molecule has 0 aliphatic carbocycles. The van der Waals surface area contributed by atoms with Gasteiger partial charge in [-0.25, -0.2) is 27.8 Å². The highest BCUT2D eigenvalue weighted by molar-refractivity contribution is 7.90. The zero-order valence-electron chi connectivity index (χ0n) is 23.3. The summed E-state index contributed by atoms with van der Waals surface area (Å²) in [6, 6.07) is 11.0. The molecule has 5 N–H and O–H groups in total. The molecule has 0 radical (unpaired) electrons. The standard InChI is InChI=1S/C29H26FN9O3S/c1-14(2)29(40)34-19-11-17(12-32-13-19)21-4-5-22-24(35-21)25(39-38-22)28-36-23-20(6-7-33-27(23)37-28)15-8-16(10-18(30)9-15)26(31)43(3,41)42/h4-14,26H,31H2,1-3H3,(H,34,40)(H,38,39)(H,33,36,37). The van der Waals surface area contributed by atoms with Crippen LogP contribution in [0.3, 0.4) is 0 Å². The van der Waals surface area contributed by atoms with Crippen LogP contribution in [0.1, 0.15) is 24.8 Å². The lowest BCUT2D eigenvalue weighted by atomic mass is 10.0. The Kier molecular flexibility index (Phi) is 6.94. The largest absolute Gasteiger partial charge is 0.335 e. The number of sulfone groups is 1. The van der Waals surface area contributed by atoms with Crippen molar-refractivity contribution >= 4 is 43.6 Å². The molecule has 14 heteroatoms. The number of fused-ring (bicyclic) bond motifs is 2. The van der Waals surface area contributed by atoms with Crippen molar-refractivity contribution in [2.45, 2.75) is 19.2 Å². The summed E-state index contributed by atoms with van der Waals surface area (Å²) in [7, 11) is -3.66. The van der Waals surface area contributed by atoms with Gasteiger partial charge in [-0.2, -0.15) is 5.10 Å². The highest BCUT2D eigenvalue weighted by atomic mass is 32.2. The second kappa shape index (κ2) is 10.6. The molecule has 0 spiro atoms. The first-order valence-corrected chi connectivity index (χ1v) is 15.1. The minimum Gasteiger partial charge on any atom is -0.335 e. The van der Waals surface area contributed by atoms with Gasteiger partial charge >= 0.3 is 0 Å². The number of nitrogens with two attached hydrogens (primary N) is 1. The van der Waals surface area contributed by atoms with Crippen LogP contribution < -0.4 is 11.1 Å². The third-order valence-corrected chi connectivity index (χ3v) is 8.07. The molecule has 1 unspecified atom stereocenters. The molecule has 0 bridgehead atoms. The van der Waals surface area contributed by atoms with E-state index in [9.17, 15) is 17.6 Å². The summed E-state index contributed by atoms with van der Waals surface area (Å²) < 4.78 is 38.7. The first kappa shape index (κ1) is 28.1. The number of halogens is 1. The molecular weight excluding hydrogens is 573 g/mol. The van der Waals surface area contributed by atoms with Gasteiger partial charge in [0.05, 0.1) is 28.6 Å². The summed E-state index contributed by atoms with van der Waals surface area (Å²) in [5.74, 6) is -0.566. The number of aromatic nitrogens is 7. The molecule has 5 aromatic heterocycles. The lowest BCUT2D eigenvalue weighted by Gasteiger charge is -2.12. The fourth-order valence-corrected chi connectivity index (χ4v) is 5.23. The van der Waals surface area contributed by atoms with Crippen LogP contribution in [0.4, 0.5) is 10.1 Å². The highest BCUT2D eigenvalue weighted by Gasteiger charge is 2.22. The molecule has 0 saturated carbocycles. The Balaban J connectivity index is 1.41. The molecule has 6 aromatic rings. The summed E-state index contributed by atoms with van der Waals surface area (Å²) >= 11 is 0.